The van der Waals surface area contributed by atoms with Gasteiger partial charge < -0.3 is 5.73 Å². The molecule has 15 heavy (non-hydrogen) atoms. The second-order valence-electron chi connectivity index (χ2n) is 3.50. The van der Waals surface area contributed by atoms with Crippen LogP contribution in [0.3, 0.4) is 0 Å². The number of thiophene rings is 1. The average Bonchev–Trinajstić information content (AvgIpc) is 2.64. The number of allylic oxidation sites excluding steroid dienone is 4. The summed E-state index contributed by atoms with van der Waals surface area (Å²) in [5.74, 6) is 0. The lowest BCUT2D eigenvalue weighted by Crippen LogP contribution is -1.69. The standard InChI is InChI=1S/C12H16S.CH5N/c1-9(2)5-6-10(3)12-8-7-11(4)13-12;1-2/h5-8H,1-4H3;2H2,1H3/b10-6+;. The van der Waals surface area contributed by atoms with E-state index in [2.05, 4.69) is 57.7 Å². The van der Waals surface area contributed by atoms with Gasteiger partial charge in [-0.1, -0.05) is 17.7 Å². The zero-order valence-electron chi connectivity index (χ0n) is 10.3. The van der Waals surface area contributed by atoms with E-state index < -0.39 is 0 Å². The molecule has 2 N–H and O–H groups in total. The maximum atomic E-state index is 4.50. The van der Waals surface area contributed by atoms with Crippen molar-refractivity contribution in [1.29, 1.82) is 0 Å². The van der Waals surface area contributed by atoms with Crippen LogP contribution in [-0.2, 0) is 0 Å². The average molecular weight is 223 g/mol. The van der Waals surface area contributed by atoms with E-state index in [1.165, 1.54) is 27.9 Å². The Morgan fingerprint density at radius 2 is 1.73 bits per heavy atom. The van der Waals surface area contributed by atoms with E-state index in [4.69, 9.17) is 0 Å². The van der Waals surface area contributed by atoms with Crippen LogP contribution in [0.15, 0.2) is 29.9 Å². The van der Waals surface area contributed by atoms with Crippen LogP contribution in [0.4, 0.5) is 0 Å². The molecule has 0 spiro atoms. The van der Waals surface area contributed by atoms with Gasteiger partial charge in [0.15, 0.2) is 0 Å². The Hall–Kier alpha value is -0.860. The van der Waals surface area contributed by atoms with Crippen LogP contribution in [0.5, 0.6) is 0 Å². The molecule has 0 atom stereocenters. The first kappa shape index (κ1) is 14.1. The fraction of sp³-hybridized carbons (Fsp3) is 0.385. The molecule has 1 heterocycles. The predicted octanol–water partition coefficient (Wildman–Crippen LogP) is 4.00. The zero-order chi connectivity index (χ0) is 11.8. The molecule has 0 saturated carbocycles. The van der Waals surface area contributed by atoms with Gasteiger partial charge in [-0.05, 0) is 52.4 Å². The van der Waals surface area contributed by atoms with Gasteiger partial charge in [0.25, 0.3) is 0 Å². The summed E-state index contributed by atoms with van der Waals surface area (Å²) in [5, 5.41) is 0. The maximum Gasteiger partial charge on any atom is 0.0302 e. The first-order valence-corrected chi connectivity index (χ1v) is 5.87. The highest BCUT2D eigenvalue weighted by molar-refractivity contribution is 7.13. The van der Waals surface area contributed by atoms with Crippen molar-refractivity contribution in [2.45, 2.75) is 27.7 Å². The van der Waals surface area contributed by atoms with Gasteiger partial charge in [0, 0.05) is 9.75 Å². The fourth-order valence-electron chi connectivity index (χ4n) is 1.02. The molecule has 2 heteroatoms. The molecule has 0 unspecified atom stereocenters. The molecule has 0 bridgehead atoms. The largest absolute Gasteiger partial charge is 0.333 e. The molecular formula is C13H21NS. The highest BCUT2D eigenvalue weighted by Crippen LogP contribution is 2.23. The quantitative estimate of drug-likeness (QED) is 0.753. The number of hydrogen-bond donors (Lipinski definition) is 1. The van der Waals surface area contributed by atoms with Crippen LogP contribution in [0.25, 0.3) is 5.57 Å². The molecule has 0 radical (unpaired) electrons. The summed E-state index contributed by atoms with van der Waals surface area (Å²) in [5.41, 5.74) is 7.19. The second-order valence-corrected chi connectivity index (χ2v) is 4.79. The van der Waals surface area contributed by atoms with E-state index >= 15 is 0 Å². The van der Waals surface area contributed by atoms with Gasteiger partial charge in [-0.15, -0.1) is 11.3 Å². The number of aryl methyl sites for hydroxylation is 1. The Labute approximate surface area is 97.3 Å². The third-order valence-corrected chi connectivity index (χ3v) is 2.93. The smallest absolute Gasteiger partial charge is 0.0302 e. The Morgan fingerprint density at radius 1 is 1.13 bits per heavy atom. The number of nitrogens with two attached hydrogens (primary N) is 1. The third-order valence-electron chi connectivity index (χ3n) is 1.80. The third kappa shape index (κ3) is 5.55. The lowest BCUT2D eigenvalue weighted by atomic mass is 10.2. The molecule has 84 valence electrons. The summed E-state index contributed by atoms with van der Waals surface area (Å²) >= 11 is 1.85. The van der Waals surface area contributed by atoms with Crippen molar-refractivity contribution < 1.29 is 0 Å². The van der Waals surface area contributed by atoms with Crippen LogP contribution < -0.4 is 5.73 Å². The summed E-state index contributed by atoms with van der Waals surface area (Å²) in [6.07, 6.45) is 4.34. The minimum Gasteiger partial charge on any atom is -0.333 e. The monoisotopic (exact) mass is 223 g/mol. The maximum absolute atomic E-state index is 4.50. The van der Waals surface area contributed by atoms with Crippen molar-refractivity contribution >= 4 is 16.9 Å². The predicted molar refractivity (Wildman–Crippen MR) is 72.2 cm³/mol. The molecule has 0 aliphatic heterocycles. The van der Waals surface area contributed by atoms with Crippen molar-refractivity contribution in [3.05, 3.63) is 39.6 Å². The summed E-state index contributed by atoms with van der Waals surface area (Å²) in [6.45, 7) is 8.53. The van der Waals surface area contributed by atoms with E-state index in [1.807, 2.05) is 11.3 Å². The molecule has 0 saturated heterocycles. The number of rotatable bonds is 2. The lowest BCUT2D eigenvalue weighted by Gasteiger charge is -1.93. The van der Waals surface area contributed by atoms with Gasteiger partial charge in [-0.3, -0.25) is 0 Å². The van der Waals surface area contributed by atoms with Crippen molar-refractivity contribution in [3.8, 4) is 0 Å². The van der Waals surface area contributed by atoms with Crippen LogP contribution >= 0.6 is 11.3 Å². The van der Waals surface area contributed by atoms with Gasteiger partial charge in [-0.2, -0.15) is 0 Å². The van der Waals surface area contributed by atoms with Gasteiger partial charge in [0.05, 0.1) is 0 Å². The van der Waals surface area contributed by atoms with Crippen LogP contribution in [0, 0.1) is 6.92 Å². The molecule has 0 fully saturated rings. The van der Waals surface area contributed by atoms with E-state index in [9.17, 15) is 0 Å². The number of hydrogen-bond acceptors (Lipinski definition) is 2. The molecule has 0 aromatic carbocycles. The Balaban J connectivity index is 0.000000921. The van der Waals surface area contributed by atoms with Gasteiger partial charge in [0.2, 0.25) is 0 Å². The minimum absolute atomic E-state index is 1.34. The van der Waals surface area contributed by atoms with Crippen LogP contribution in [0.1, 0.15) is 30.5 Å². The molecule has 0 aliphatic carbocycles. The first-order valence-electron chi connectivity index (χ1n) is 5.06. The van der Waals surface area contributed by atoms with Gasteiger partial charge in [0.1, 0.15) is 0 Å². The van der Waals surface area contributed by atoms with Crippen LogP contribution in [0.2, 0.25) is 0 Å². The molecule has 1 aromatic heterocycles. The molecule has 0 aliphatic rings. The van der Waals surface area contributed by atoms with E-state index in [0.717, 1.165) is 0 Å². The Morgan fingerprint density at radius 3 is 2.13 bits per heavy atom. The van der Waals surface area contributed by atoms with Crippen molar-refractivity contribution in [2.24, 2.45) is 5.73 Å². The summed E-state index contributed by atoms with van der Waals surface area (Å²) in [7, 11) is 1.50. The van der Waals surface area contributed by atoms with Crippen molar-refractivity contribution in [2.75, 3.05) is 7.05 Å². The molecule has 1 nitrogen and oxygen atoms in total. The second kappa shape index (κ2) is 7.43. The SMILES string of the molecule is CC(C)=C/C=C(\C)c1ccc(C)s1.CN. The van der Waals surface area contributed by atoms with Gasteiger partial charge >= 0.3 is 0 Å². The summed E-state index contributed by atoms with van der Waals surface area (Å²) in [4.78, 5) is 2.75. The first-order chi connectivity index (χ1) is 7.09. The summed E-state index contributed by atoms with van der Waals surface area (Å²) in [6, 6.07) is 4.35. The molecule has 1 rings (SSSR count). The van der Waals surface area contributed by atoms with E-state index in [-0.39, 0.29) is 0 Å². The fourth-order valence-corrected chi connectivity index (χ4v) is 1.87. The topological polar surface area (TPSA) is 26.0 Å². The Kier molecular flexibility index (Phi) is 7.01. The molecule has 0 amide bonds. The molecular weight excluding hydrogens is 202 g/mol. The highest BCUT2D eigenvalue weighted by Gasteiger charge is 1.96. The van der Waals surface area contributed by atoms with Crippen molar-refractivity contribution in [3.63, 3.8) is 0 Å². The van der Waals surface area contributed by atoms with Crippen LogP contribution in [-0.4, -0.2) is 7.05 Å². The van der Waals surface area contributed by atoms with Crippen molar-refractivity contribution in [1.82, 2.24) is 0 Å². The van der Waals surface area contributed by atoms with Gasteiger partial charge in [-0.25, -0.2) is 0 Å². The van der Waals surface area contributed by atoms with E-state index in [1.54, 1.807) is 0 Å². The highest BCUT2D eigenvalue weighted by atomic mass is 32.1. The Bertz CT molecular complexity index is 341. The summed E-state index contributed by atoms with van der Waals surface area (Å²) < 4.78 is 0. The molecule has 1 aromatic rings. The minimum atomic E-state index is 1.34. The lowest BCUT2D eigenvalue weighted by molar-refractivity contribution is 1.39. The van der Waals surface area contributed by atoms with E-state index in [0.29, 0.717) is 0 Å². The zero-order valence-corrected chi connectivity index (χ0v) is 11.1. The normalized spacial score (nSPS) is 10.4.